The van der Waals surface area contributed by atoms with Gasteiger partial charge in [-0.25, -0.2) is 0 Å². The van der Waals surface area contributed by atoms with Crippen LogP contribution in [0.15, 0.2) is 36.4 Å². The molecule has 0 aliphatic carbocycles. The Kier molecular flexibility index (Phi) is 6.94. The van der Waals surface area contributed by atoms with Crippen molar-refractivity contribution in [2.45, 2.75) is 13.8 Å². The minimum absolute atomic E-state index is 0.123. The van der Waals surface area contributed by atoms with Crippen LogP contribution in [0.3, 0.4) is 0 Å². The summed E-state index contributed by atoms with van der Waals surface area (Å²) < 4.78 is 0. The maximum atomic E-state index is 12.3. The van der Waals surface area contributed by atoms with Gasteiger partial charge in [0.15, 0.2) is 13.1 Å². The van der Waals surface area contributed by atoms with Gasteiger partial charge in [-0.05, 0) is 43.2 Å². The van der Waals surface area contributed by atoms with Crippen LogP contribution >= 0.6 is 11.6 Å². The molecule has 0 spiro atoms. The normalized spacial score (nSPS) is 11.4. The number of nitriles is 1. The van der Waals surface area contributed by atoms with E-state index in [1.807, 2.05) is 38.1 Å². The van der Waals surface area contributed by atoms with Crippen molar-refractivity contribution in [3.05, 3.63) is 58.1 Å². The van der Waals surface area contributed by atoms with Gasteiger partial charge in [-0.15, -0.1) is 0 Å². The Morgan fingerprint density at radius 2 is 1.67 bits per heavy atom. The molecule has 0 heterocycles. The van der Waals surface area contributed by atoms with Gasteiger partial charge >= 0.3 is 0 Å². The predicted molar refractivity (Wildman–Crippen MR) is 106 cm³/mol. The number of nitrogens with zero attached hydrogens (tertiary/aromatic N) is 1. The number of rotatable bonds is 6. The zero-order valence-corrected chi connectivity index (χ0v) is 16.3. The summed E-state index contributed by atoms with van der Waals surface area (Å²) in [6.45, 7) is 4.16. The minimum Gasteiger partial charge on any atom is -0.322 e. The highest BCUT2D eigenvalue weighted by molar-refractivity contribution is 6.32. The third kappa shape index (κ3) is 5.81. The molecule has 0 fully saturated rings. The lowest BCUT2D eigenvalue weighted by Gasteiger charge is -2.15. The average molecular weight is 386 g/mol. The molecule has 1 unspecified atom stereocenters. The number of halogens is 1. The van der Waals surface area contributed by atoms with Gasteiger partial charge in [-0.3, -0.25) is 9.59 Å². The number of amides is 2. The van der Waals surface area contributed by atoms with E-state index in [0.717, 1.165) is 21.7 Å². The van der Waals surface area contributed by atoms with Crippen LogP contribution in [0.4, 0.5) is 11.4 Å². The lowest BCUT2D eigenvalue weighted by atomic mass is 10.1. The third-order valence-electron chi connectivity index (χ3n) is 4.04. The summed E-state index contributed by atoms with van der Waals surface area (Å²) in [5.41, 5.74) is 3.66. The Morgan fingerprint density at radius 1 is 1.07 bits per heavy atom. The Hall–Kier alpha value is -2.88. The molecule has 2 rings (SSSR count). The quantitative estimate of drug-likeness (QED) is 0.710. The maximum Gasteiger partial charge on any atom is 0.279 e. The van der Waals surface area contributed by atoms with Crippen molar-refractivity contribution in [1.82, 2.24) is 0 Å². The van der Waals surface area contributed by atoms with Gasteiger partial charge < -0.3 is 15.5 Å². The van der Waals surface area contributed by atoms with Crippen molar-refractivity contribution in [2.24, 2.45) is 0 Å². The van der Waals surface area contributed by atoms with Crippen molar-refractivity contribution in [3.63, 3.8) is 0 Å². The Balaban J connectivity index is 1.88. The van der Waals surface area contributed by atoms with E-state index in [1.54, 1.807) is 19.2 Å². The number of hydrogen-bond donors (Lipinski definition) is 3. The first kappa shape index (κ1) is 20.4. The molecule has 3 N–H and O–H groups in total. The average Bonchev–Trinajstić information content (AvgIpc) is 2.58. The number of quaternary nitrogens is 1. The molecule has 140 valence electrons. The van der Waals surface area contributed by atoms with Gasteiger partial charge in [0, 0.05) is 11.4 Å². The molecular formula is C20H22ClN4O2+. The second kappa shape index (κ2) is 9.17. The van der Waals surface area contributed by atoms with E-state index in [2.05, 4.69) is 10.6 Å². The topological polar surface area (TPSA) is 86.4 Å². The molecule has 2 aromatic rings. The van der Waals surface area contributed by atoms with Crippen molar-refractivity contribution < 1.29 is 14.5 Å². The fraction of sp³-hybridized carbons (Fsp3) is 0.250. The van der Waals surface area contributed by atoms with Gasteiger partial charge in [0.2, 0.25) is 0 Å². The van der Waals surface area contributed by atoms with E-state index in [0.29, 0.717) is 11.3 Å². The fourth-order valence-electron chi connectivity index (χ4n) is 2.69. The first-order chi connectivity index (χ1) is 12.8. The van der Waals surface area contributed by atoms with Crippen molar-refractivity contribution in [2.75, 3.05) is 30.8 Å². The van der Waals surface area contributed by atoms with Crippen LogP contribution in [0.25, 0.3) is 0 Å². The largest absolute Gasteiger partial charge is 0.322 e. The molecule has 7 heteroatoms. The molecule has 0 saturated carbocycles. The summed E-state index contributed by atoms with van der Waals surface area (Å²) in [6, 6.07) is 12.5. The molecule has 0 aliphatic rings. The SMILES string of the molecule is Cc1cccc(C)c1NC(=O)C[NH+](C)CC(=O)Nc1ccc(C#N)c(Cl)c1. The highest BCUT2D eigenvalue weighted by atomic mass is 35.5. The minimum atomic E-state index is -0.242. The van der Waals surface area contributed by atoms with Crippen LogP contribution in [0.2, 0.25) is 5.02 Å². The Morgan fingerprint density at radius 3 is 2.22 bits per heavy atom. The molecule has 6 nitrogen and oxygen atoms in total. The summed E-state index contributed by atoms with van der Waals surface area (Å²) in [5.74, 6) is -0.396. The van der Waals surface area contributed by atoms with Gasteiger partial charge in [0.1, 0.15) is 6.07 Å². The van der Waals surface area contributed by atoms with Crippen LogP contribution in [0, 0.1) is 25.2 Å². The van der Waals surface area contributed by atoms with E-state index in [9.17, 15) is 9.59 Å². The van der Waals surface area contributed by atoms with E-state index in [4.69, 9.17) is 16.9 Å². The van der Waals surface area contributed by atoms with Crippen LogP contribution in [-0.2, 0) is 9.59 Å². The number of hydrogen-bond acceptors (Lipinski definition) is 3. The smallest absolute Gasteiger partial charge is 0.279 e. The molecule has 27 heavy (non-hydrogen) atoms. The highest BCUT2D eigenvalue weighted by Gasteiger charge is 2.16. The summed E-state index contributed by atoms with van der Waals surface area (Å²) in [7, 11) is 1.77. The number of benzene rings is 2. The van der Waals surface area contributed by atoms with Crippen LogP contribution in [0.5, 0.6) is 0 Å². The zero-order valence-electron chi connectivity index (χ0n) is 15.5. The summed E-state index contributed by atoms with van der Waals surface area (Å²) in [4.78, 5) is 25.2. The van der Waals surface area contributed by atoms with Gasteiger partial charge in [0.05, 0.1) is 17.6 Å². The second-order valence-corrected chi connectivity index (χ2v) is 6.89. The van der Waals surface area contributed by atoms with Gasteiger partial charge in [0.25, 0.3) is 11.8 Å². The summed E-state index contributed by atoms with van der Waals surface area (Å²) in [6.07, 6.45) is 0. The Labute approximate surface area is 163 Å². The monoisotopic (exact) mass is 385 g/mol. The van der Waals surface area contributed by atoms with Crippen molar-refractivity contribution in [3.8, 4) is 6.07 Å². The maximum absolute atomic E-state index is 12.3. The molecule has 2 amide bonds. The van der Waals surface area contributed by atoms with Crippen LogP contribution in [0.1, 0.15) is 16.7 Å². The van der Waals surface area contributed by atoms with E-state index >= 15 is 0 Å². The Bertz CT molecular complexity index is 885. The van der Waals surface area contributed by atoms with Crippen LogP contribution in [-0.4, -0.2) is 32.0 Å². The number of carbonyl (C=O) groups excluding carboxylic acids is 2. The number of likely N-dealkylation sites (N-methyl/N-ethyl adjacent to an activating group) is 1. The molecule has 0 radical (unpaired) electrons. The first-order valence-corrected chi connectivity index (χ1v) is 8.85. The molecule has 0 aromatic heterocycles. The standard InChI is InChI=1S/C20H21ClN4O2/c1-13-5-4-6-14(2)20(13)24-19(27)12-25(3)11-18(26)23-16-8-7-15(10-22)17(21)9-16/h4-9H,11-12H2,1-3H3,(H,23,26)(H,24,27)/p+1. The molecule has 0 bridgehead atoms. The molecule has 1 atom stereocenters. The highest BCUT2D eigenvalue weighted by Crippen LogP contribution is 2.20. The van der Waals surface area contributed by atoms with E-state index < -0.39 is 0 Å². The third-order valence-corrected chi connectivity index (χ3v) is 4.36. The predicted octanol–water partition coefficient (Wildman–Crippen LogP) is 1.92. The zero-order chi connectivity index (χ0) is 20.0. The van der Waals surface area contributed by atoms with Crippen LogP contribution < -0.4 is 15.5 Å². The number of para-hydroxylation sites is 1. The molecule has 2 aromatic carbocycles. The van der Waals surface area contributed by atoms with Crippen molar-refractivity contribution >= 4 is 34.8 Å². The van der Waals surface area contributed by atoms with Crippen molar-refractivity contribution in [1.29, 1.82) is 5.26 Å². The summed E-state index contributed by atoms with van der Waals surface area (Å²) in [5, 5.41) is 14.8. The number of aryl methyl sites for hydroxylation is 2. The fourth-order valence-corrected chi connectivity index (χ4v) is 2.92. The lowest BCUT2D eigenvalue weighted by molar-refractivity contribution is -0.862. The van der Waals surface area contributed by atoms with E-state index in [1.165, 1.54) is 6.07 Å². The summed E-state index contributed by atoms with van der Waals surface area (Å²) >= 11 is 5.96. The number of anilines is 2. The lowest BCUT2D eigenvalue weighted by Crippen LogP contribution is -3.11. The van der Waals surface area contributed by atoms with Gasteiger partial charge in [-0.2, -0.15) is 5.26 Å². The molecular weight excluding hydrogens is 364 g/mol. The number of carbonyl (C=O) groups is 2. The van der Waals surface area contributed by atoms with E-state index in [-0.39, 0.29) is 29.9 Å². The first-order valence-electron chi connectivity index (χ1n) is 8.47. The molecule has 0 aliphatic heterocycles. The molecule has 0 saturated heterocycles. The number of nitrogens with one attached hydrogen (secondary N) is 3. The van der Waals surface area contributed by atoms with Gasteiger partial charge in [-0.1, -0.05) is 29.8 Å². The second-order valence-electron chi connectivity index (χ2n) is 6.48.